The fraction of sp³-hybridized carbons (Fsp3) is 0.364. The Morgan fingerprint density at radius 2 is 2.36 bits per heavy atom. The van der Waals surface area contributed by atoms with E-state index in [0.717, 1.165) is 12.1 Å². The average Bonchev–Trinajstić information content (AvgIpc) is 2.47. The van der Waals surface area contributed by atoms with Crippen molar-refractivity contribution in [2.45, 2.75) is 26.3 Å². The zero-order valence-corrected chi connectivity index (χ0v) is 8.57. The van der Waals surface area contributed by atoms with Crippen LogP contribution >= 0.6 is 0 Å². The SMILES string of the molecule is Cc1ccn2cnc(CC(C)N)c2c1. The summed E-state index contributed by atoms with van der Waals surface area (Å²) in [7, 11) is 0. The van der Waals surface area contributed by atoms with E-state index in [-0.39, 0.29) is 6.04 Å². The molecule has 0 bridgehead atoms. The molecule has 0 amide bonds. The molecule has 0 spiro atoms. The summed E-state index contributed by atoms with van der Waals surface area (Å²) in [6.45, 7) is 4.09. The van der Waals surface area contributed by atoms with Gasteiger partial charge in [0, 0.05) is 18.7 Å². The monoisotopic (exact) mass is 189 g/mol. The van der Waals surface area contributed by atoms with Gasteiger partial charge in [0.05, 0.1) is 17.5 Å². The summed E-state index contributed by atoms with van der Waals surface area (Å²) in [6.07, 6.45) is 4.70. The number of hydrogen-bond acceptors (Lipinski definition) is 2. The molecule has 2 aromatic rings. The molecule has 0 aromatic carbocycles. The zero-order valence-electron chi connectivity index (χ0n) is 8.57. The van der Waals surface area contributed by atoms with Crippen LogP contribution < -0.4 is 5.73 Å². The van der Waals surface area contributed by atoms with Crippen LogP contribution in [0.15, 0.2) is 24.7 Å². The summed E-state index contributed by atoms with van der Waals surface area (Å²) in [5.74, 6) is 0. The number of aromatic nitrogens is 2. The second kappa shape index (κ2) is 3.42. The lowest BCUT2D eigenvalue weighted by molar-refractivity contribution is 0.729. The molecule has 1 atom stereocenters. The first-order chi connectivity index (χ1) is 6.66. The minimum Gasteiger partial charge on any atom is -0.328 e. The Bertz CT molecular complexity index is 443. The molecule has 2 rings (SSSR count). The van der Waals surface area contributed by atoms with Gasteiger partial charge in [0.15, 0.2) is 0 Å². The molecular formula is C11H15N3. The van der Waals surface area contributed by atoms with E-state index in [9.17, 15) is 0 Å². The zero-order chi connectivity index (χ0) is 10.1. The third kappa shape index (κ3) is 1.63. The van der Waals surface area contributed by atoms with E-state index in [1.807, 2.05) is 23.8 Å². The first-order valence-corrected chi connectivity index (χ1v) is 4.84. The van der Waals surface area contributed by atoms with E-state index in [0.29, 0.717) is 0 Å². The van der Waals surface area contributed by atoms with Gasteiger partial charge in [0.2, 0.25) is 0 Å². The highest BCUT2D eigenvalue weighted by molar-refractivity contribution is 5.53. The molecule has 1 unspecified atom stereocenters. The van der Waals surface area contributed by atoms with E-state index in [4.69, 9.17) is 5.73 Å². The summed E-state index contributed by atoms with van der Waals surface area (Å²) in [6, 6.07) is 4.38. The standard InChI is InChI=1S/C11H15N3/c1-8-3-4-14-7-13-10(6-9(2)12)11(14)5-8/h3-5,7,9H,6,12H2,1-2H3. The molecule has 3 nitrogen and oxygen atoms in total. The lowest BCUT2D eigenvalue weighted by Gasteiger charge is -2.02. The van der Waals surface area contributed by atoms with Gasteiger partial charge in [-0.3, -0.25) is 0 Å². The Hall–Kier alpha value is -1.35. The summed E-state index contributed by atoms with van der Waals surface area (Å²) in [5.41, 5.74) is 9.27. The van der Waals surface area contributed by atoms with Crippen molar-refractivity contribution < 1.29 is 0 Å². The molecule has 74 valence electrons. The van der Waals surface area contributed by atoms with Crippen molar-refractivity contribution in [3.05, 3.63) is 35.9 Å². The maximum Gasteiger partial charge on any atom is 0.0995 e. The Balaban J connectivity index is 2.50. The van der Waals surface area contributed by atoms with Gasteiger partial charge in [-0.15, -0.1) is 0 Å². The maximum atomic E-state index is 5.76. The van der Waals surface area contributed by atoms with Crippen LogP contribution in [0.3, 0.4) is 0 Å². The van der Waals surface area contributed by atoms with Crippen LogP contribution in [0, 0.1) is 6.92 Å². The highest BCUT2D eigenvalue weighted by Gasteiger charge is 2.06. The molecule has 0 saturated carbocycles. The van der Waals surface area contributed by atoms with Gasteiger partial charge in [0.25, 0.3) is 0 Å². The lowest BCUT2D eigenvalue weighted by atomic mass is 10.1. The molecule has 0 aliphatic carbocycles. The largest absolute Gasteiger partial charge is 0.328 e. The van der Waals surface area contributed by atoms with Gasteiger partial charge in [-0.05, 0) is 31.5 Å². The van der Waals surface area contributed by atoms with Crippen molar-refractivity contribution in [1.29, 1.82) is 0 Å². The Morgan fingerprint density at radius 3 is 3.07 bits per heavy atom. The van der Waals surface area contributed by atoms with Crippen LogP contribution in [0.1, 0.15) is 18.2 Å². The van der Waals surface area contributed by atoms with Crippen LogP contribution in [0.5, 0.6) is 0 Å². The van der Waals surface area contributed by atoms with Gasteiger partial charge < -0.3 is 10.1 Å². The van der Waals surface area contributed by atoms with E-state index in [1.165, 1.54) is 11.1 Å². The molecular weight excluding hydrogens is 174 g/mol. The quantitative estimate of drug-likeness (QED) is 0.778. The van der Waals surface area contributed by atoms with Gasteiger partial charge in [-0.1, -0.05) is 0 Å². The van der Waals surface area contributed by atoms with Gasteiger partial charge >= 0.3 is 0 Å². The molecule has 0 radical (unpaired) electrons. The van der Waals surface area contributed by atoms with E-state index in [1.54, 1.807) is 0 Å². The second-order valence-corrected chi connectivity index (χ2v) is 3.87. The number of aryl methyl sites for hydroxylation is 1. The van der Waals surface area contributed by atoms with Crippen LogP contribution in [0.4, 0.5) is 0 Å². The van der Waals surface area contributed by atoms with E-state index in [2.05, 4.69) is 24.0 Å². The van der Waals surface area contributed by atoms with Crippen molar-refractivity contribution >= 4 is 5.52 Å². The fourth-order valence-electron chi connectivity index (χ4n) is 1.61. The molecule has 0 fully saturated rings. The van der Waals surface area contributed by atoms with Crippen molar-refractivity contribution in [3.8, 4) is 0 Å². The van der Waals surface area contributed by atoms with Crippen LogP contribution in [0.25, 0.3) is 5.52 Å². The predicted molar refractivity (Wildman–Crippen MR) is 57.3 cm³/mol. The van der Waals surface area contributed by atoms with Crippen LogP contribution in [-0.4, -0.2) is 15.4 Å². The van der Waals surface area contributed by atoms with Crippen molar-refractivity contribution in [2.24, 2.45) is 5.73 Å². The molecule has 0 aliphatic heterocycles. The maximum absolute atomic E-state index is 5.76. The number of nitrogens with two attached hydrogens (primary N) is 1. The summed E-state index contributed by atoms with van der Waals surface area (Å²) in [5, 5.41) is 0. The first-order valence-electron chi connectivity index (χ1n) is 4.84. The van der Waals surface area contributed by atoms with Crippen LogP contribution in [0.2, 0.25) is 0 Å². The molecule has 0 saturated heterocycles. The first kappa shape index (κ1) is 9.21. The van der Waals surface area contributed by atoms with E-state index >= 15 is 0 Å². The molecule has 3 heteroatoms. The summed E-state index contributed by atoms with van der Waals surface area (Å²) >= 11 is 0. The van der Waals surface area contributed by atoms with Gasteiger partial charge in [-0.25, -0.2) is 4.98 Å². The fourth-order valence-corrected chi connectivity index (χ4v) is 1.61. The summed E-state index contributed by atoms with van der Waals surface area (Å²) < 4.78 is 2.03. The number of fused-ring (bicyclic) bond motifs is 1. The Morgan fingerprint density at radius 1 is 1.57 bits per heavy atom. The molecule has 14 heavy (non-hydrogen) atoms. The number of pyridine rings is 1. The molecule has 0 aliphatic rings. The minimum absolute atomic E-state index is 0.161. The molecule has 2 aromatic heterocycles. The van der Waals surface area contributed by atoms with Crippen molar-refractivity contribution in [1.82, 2.24) is 9.38 Å². The Kier molecular flexibility index (Phi) is 2.25. The van der Waals surface area contributed by atoms with Crippen LogP contribution in [-0.2, 0) is 6.42 Å². The number of hydrogen-bond donors (Lipinski definition) is 1. The number of rotatable bonds is 2. The summed E-state index contributed by atoms with van der Waals surface area (Å²) in [4.78, 5) is 4.36. The average molecular weight is 189 g/mol. The smallest absolute Gasteiger partial charge is 0.0995 e. The minimum atomic E-state index is 0.161. The highest BCUT2D eigenvalue weighted by Crippen LogP contribution is 2.12. The highest BCUT2D eigenvalue weighted by atomic mass is 15.0. The van der Waals surface area contributed by atoms with Crippen molar-refractivity contribution in [3.63, 3.8) is 0 Å². The number of nitrogens with zero attached hydrogens (tertiary/aromatic N) is 2. The van der Waals surface area contributed by atoms with Gasteiger partial charge in [-0.2, -0.15) is 0 Å². The van der Waals surface area contributed by atoms with Gasteiger partial charge in [0.1, 0.15) is 0 Å². The molecule has 2 N–H and O–H groups in total. The normalized spacial score (nSPS) is 13.4. The topological polar surface area (TPSA) is 43.3 Å². The number of imidazole rings is 1. The third-order valence-electron chi connectivity index (χ3n) is 2.29. The van der Waals surface area contributed by atoms with Crippen molar-refractivity contribution in [2.75, 3.05) is 0 Å². The third-order valence-corrected chi connectivity index (χ3v) is 2.29. The Labute approximate surface area is 83.6 Å². The van der Waals surface area contributed by atoms with E-state index < -0.39 is 0 Å². The predicted octanol–water partition coefficient (Wildman–Crippen LogP) is 1.53. The second-order valence-electron chi connectivity index (χ2n) is 3.87. The lowest BCUT2D eigenvalue weighted by Crippen LogP contribution is -2.18. The molecule has 2 heterocycles.